The van der Waals surface area contributed by atoms with Gasteiger partial charge in [-0.25, -0.2) is 4.79 Å². The molecule has 6 nitrogen and oxygen atoms in total. The molecule has 2 rings (SSSR count). The number of carbonyl (C=O) groups excluding carboxylic acids is 2. The molecule has 0 spiro atoms. The third kappa shape index (κ3) is 4.50. The summed E-state index contributed by atoms with van der Waals surface area (Å²) in [6, 6.07) is 1.60. The minimum atomic E-state index is -0.563. The van der Waals surface area contributed by atoms with Crippen LogP contribution in [0.5, 0.6) is 0 Å². The van der Waals surface area contributed by atoms with Crippen molar-refractivity contribution in [1.29, 1.82) is 0 Å². The molecule has 1 amide bonds. The number of hydrogen-bond acceptors (Lipinski definition) is 5. The Kier molecular flexibility index (Phi) is 5.30. The fourth-order valence-corrected chi connectivity index (χ4v) is 2.57. The second kappa shape index (κ2) is 7.00. The standard InChI is InChI=1S/C14H17BrN2O4/c1-9-6-17(7-10(2)21-9)13(18)8-20-14(19)11-3-12(15)5-16-4-11/h3-5,9-10H,6-8H2,1-2H3/t9-,10-/m0/s1. The van der Waals surface area contributed by atoms with Crippen molar-refractivity contribution in [3.05, 3.63) is 28.5 Å². The number of rotatable bonds is 3. The molecule has 0 aliphatic carbocycles. The van der Waals surface area contributed by atoms with E-state index in [0.717, 1.165) is 0 Å². The molecule has 1 aliphatic rings. The number of esters is 1. The van der Waals surface area contributed by atoms with E-state index in [2.05, 4.69) is 20.9 Å². The number of ether oxygens (including phenoxy) is 2. The van der Waals surface area contributed by atoms with E-state index in [9.17, 15) is 9.59 Å². The normalized spacial score (nSPS) is 22.0. The molecule has 2 atom stereocenters. The molecule has 0 saturated carbocycles. The van der Waals surface area contributed by atoms with Gasteiger partial charge in [-0.1, -0.05) is 0 Å². The molecule has 1 aromatic rings. The molecule has 1 aliphatic heterocycles. The quantitative estimate of drug-likeness (QED) is 0.770. The minimum absolute atomic E-state index is 0.0114. The van der Waals surface area contributed by atoms with Crippen LogP contribution in [0.2, 0.25) is 0 Å². The number of carbonyl (C=O) groups is 2. The Morgan fingerprint density at radius 1 is 1.38 bits per heavy atom. The van der Waals surface area contributed by atoms with Crippen molar-refractivity contribution in [3.63, 3.8) is 0 Å². The first-order chi connectivity index (χ1) is 9.95. The third-order valence-corrected chi connectivity index (χ3v) is 3.47. The van der Waals surface area contributed by atoms with E-state index in [1.165, 1.54) is 6.20 Å². The van der Waals surface area contributed by atoms with E-state index in [0.29, 0.717) is 23.1 Å². The molecule has 1 aromatic heterocycles. The van der Waals surface area contributed by atoms with Gasteiger partial charge in [0.1, 0.15) is 0 Å². The molecule has 114 valence electrons. The Morgan fingerprint density at radius 2 is 2.05 bits per heavy atom. The zero-order chi connectivity index (χ0) is 15.4. The summed E-state index contributed by atoms with van der Waals surface area (Å²) in [4.78, 5) is 29.4. The van der Waals surface area contributed by atoms with Crippen molar-refractivity contribution in [1.82, 2.24) is 9.88 Å². The van der Waals surface area contributed by atoms with Crippen LogP contribution in [0.15, 0.2) is 22.9 Å². The van der Waals surface area contributed by atoms with Crippen LogP contribution in [0.4, 0.5) is 0 Å². The van der Waals surface area contributed by atoms with Crippen LogP contribution in [0, 0.1) is 0 Å². The molecule has 7 heteroatoms. The molecular weight excluding hydrogens is 340 g/mol. The maximum Gasteiger partial charge on any atom is 0.340 e. The second-order valence-corrected chi connectivity index (χ2v) is 5.94. The topological polar surface area (TPSA) is 68.7 Å². The van der Waals surface area contributed by atoms with Gasteiger partial charge in [0.2, 0.25) is 0 Å². The summed E-state index contributed by atoms with van der Waals surface area (Å²) >= 11 is 3.23. The van der Waals surface area contributed by atoms with Crippen molar-refractivity contribution >= 4 is 27.8 Å². The molecule has 1 fully saturated rings. The molecule has 0 radical (unpaired) electrons. The van der Waals surface area contributed by atoms with Crippen LogP contribution in [0.1, 0.15) is 24.2 Å². The maximum atomic E-state index is 12.1. The van der Waals surface area contributed by atoms with Crippen molar-refractivity contribution in [2.45, 2.75) is 26.1 Å². The Bertz CT molecular complexity index is 527. The summed E-state index contributed by atoms with van der Waals surface area (Å²) in [6.07, 6.45) is 2.94. The lowest BCUT2D eigenvalue weighted by Gasteiger charge is -2.35. The maximum absolute atomic E-state index is 12.1. The molecule has 0 N–H and O–H groups in total. The summed E-state index contributed by atoms with van der Waals surface area (Å²) < 4.78 is 11.3. The average molecular weight is 357 g/mol. The monoisotopic (exact) mass is 356 g/mol. The Balaban J connectivity index is 1.87. The van der Waals surface area contributed by atoms with Crippen LogP contribution in [0.25, 0.3) is 0 Å². The number of morpholine rings is 1. The third-order valence-electron chi connectivity index (χ3n) is 3.04. The molecule has 0 bridgehead atoms. The van der Waals surface area contributed by atoms with Gasteiger partial charge in [-0.15, -0.1) is 0 Å². The van der Waals surface area contributed by atoms with Crippen molar-refractivity contribution < 1.29 is 19.1 Å². The highest BCUT2D eigenvalue weighted by molar-refractivity contribution is 9.10. The first kappa shape index (κ1) is 15.9. The van der Waals surface area contributed by atoms with Crippen molar-refractivity contribution in [3.8, 4) is 0 Å². The molecule has 2 heterocycles. The van der Waals surface area contributed by atoms with Gasteiger partial charge < -0.3 is 14.4 Å². The molecule has 0 unspecified atom stereocenters. The predicted octanol–water partition coefficient (Wildman–Crippen LogP) is 1.64. The fourth-order valence-electron chi connectivity index (χ4n) is 2.21. The molecule has 1 saturated heterocycles. The lowest BCUT2D eigenvalue weighted by Crippen LogP contribution is -2.49. The number of nitrogens with zero attached hydrogens (tertiary/aromatic N) is 2. The lowest BCUT2D eigenvalue weighted by atomic mass is 10.2. The number of halogens is 1. The zero-order valence-corrected chi connectivity index (χ0v) is 13.5. The SMILES string of the molecule is C[C@H]1CN(C(=O)COC(=O)c2cncc(Br)c2)C[C@H](C)O1. The van der Waals surface area contributed by atoms with E-state index in [-0.39, 0.29) is 24.7 Å². The Labute approximate surface area is 131 Å². The highest BCUT2D eigenvalue weighted by Crippen LogP contribution is 2.12. The van der Waals surface area contributed by atoms with Gasteiger partial charge in [-0.3, -0.25) is 9.78 Å². The highest BCUT2D eigenvalue weighted by Gasteiger charge is 2.26. The Hall–Kier alpha value is -1.47. The van der Waals surface area contributed by atoms with Crippen molar-refractivity contribution in [2.75, 3.05) is 19.7 Å². The summed E-state index contributed by atoms with van der Waals surface area (Å²) in [5, 5.41) is 0. The molecular formula is C14H17BrN2O4. The highest BCUT2D eigenvalue weighted by atomic mass is 79.9. The van der Waals surface area contributed by atoms with E-state index >= 15 is 0 Å². The second-order valence-electron chi connectivity index (χ2n) is 5.02. The van der Waals surface area contributed by atoms with E-state index in [4.69, 9.17) is 9.47 Å². The number of pyridine rings is 1. The van der Waals surface area contributed by atoms with Gasteiger partial charge in [-0.2, -0.15) is 0 Å². The van der Waals surface area contributed by atoms with E-state index < -0.39 is 5.97 Å². The van der Waals surface area contributed by atoms with E-state index in [1.807, 2.05) is 13.8 Å². The van der Waals surface area contributed by atoms with E-state index in [1.54, 1.807) is 17.2 Å². The first-order valence-corrected chi connectivity index (χ1v) is 7.46. The van der Waals surface area contributed by atoms with Crippen LogP contribution in [-0.4, -0.2) is 53.7 Å². The van der Waals surface area contributed by atoms with Crippen LogP contribution >= 0.6 is 15.9 Å². The fraction of sp³-hybridized carbons (Fsp3) is 0.500. The summed E-state index contributed by atoms with van der Waals surface area (Å²) in [7, 11) is 0. The van der Waals surface area contributed by atoms with Crippen molar-refractivity contribution in [2.24, 2.45) is 0 Å². The van der Waals surface area contributed by atoms with Gasteiger partial charge in [-0.05, 0) is 35.8 Å². The van der Waals surface area contributed by atoms with Gasteiger partial charge in [0.05, 0.1) is 17.8 Å². The number of hydrogen-bond donors (Lipinski definition) is 0. The van der Waals surface area contributed by atoms with Gasteiger partial charge in [0, 0.05) is 30.0 Å². The van der Waals surface area contributed by atoms with Crippen LogP contribution < -0.4 is 0 Å². The smallest absolute Gasteiger partial charge is 0.340 e. The van der Waals surface area contributed by atoms with Crippen LogP contribution in [0.3, 0.4) is 0 Å². The predicted molar refractivity (Wildman–Crippen MR) is 78.8 cm³/mol. The summed E-state index contributed by atoms with van der Waals surface area (Å²) in [5.41, 5.74) is 0.306. The summed E-state index contributed by atoms with van der Waals surface area (Å²) in [5.74, 6) is -0.778. The largest absolute Gasteiger partial charge is 0.452 e. The lowest BCUT2D eigenvalue weighted by molar-refractivity contribution is -0.146. The minimum Gasteiger partial charge on any atom is -0.452 e. The summed E-state index contributed by atoms with van der Waals surface area (Å²) in [6.45, 7) is 4.58. The zero-order valence-electron chi connectivity index (χ0n) is 11.9. The molecule has 0 aromatic carbocycles. The molecule has 21 heavy (non-hydrogen) atoms. The number of amides is 1. The van der Waals surface area contributed by atoms with Gasteiger partial charge >= 0.3 is 5.97 Å². The van der Waals surface area contributed by atoms with Gasteiger partial charge in [0.25, 0.3) is 5.91 Å². The van der Waals surface area contributed by atoms with Crippen LogP contribution in [-0.2, 0) is 14.3 Å². The Morgan fingerprint density at radius 3 is 2.67 bits per heavy atom. The first-order valence-electron chi connectivity index (χ1n) is 6.66. The average Bonchev–Trinajstić information content (AvgIpc) is 2.43. The van der Waals surface area contributed by atoms with Gasteiger partial charge in [0.15, 0.2) is 6.61 Å². The number of aromatic nitrogens is 1.